The van der Waals surface area contributed by atoms with Crippen LogP contribution in [0.2, 0.25) is 0 Å². The molecule has 5 heteroatoms. The van der Waals surface area contributed by atoms with Crippen LogP contribution in [-0.2, 0) is 16.0 Å². The number of nitrogens with one attached hydrogen (secondary N) is 1. The van der Waals surface area contributed by atoms with Crippen LogP contribution in [-0.4, -0.2) is 23.3 Å². The van der Waals surface area contributed by atoms with E-state index < -0.39 is 0 Å². The van der Waals surface area contributed by atoms with Crippen molar-refractivity contribution in [3.8, 4) is 0 Å². The molecule has 1 unspecified atom stereocenters. The van der Waals surface area contributed by atoms with Crippen LogP contribution in [0.25, 0.3) is 10.9 Å². The van der Waals surface area contributed by atoms with Crippen molar-refractivity contribution in [3.63, 3.8) is 0 Å². The molecule has 27 heavy (non-hydrogen) atoms. The number of anilines is 2. The van der Waals surface area contributed by atoms with Gasteiger partial charge < -0.3 is 10.2 Å². The van der Waals surface area contributed by atoms with Crippen molar-refractivity contribution in [1.29, 1.82) is 0 Å². The lowest BCUT2D eigenvalue weighted by atomic mass is 10.1. The standard InChI is InChI=1S/C22H21N3O2/c1-2-15-8-10-18(11-9-15)25-14-17(13-20(25)26)22(27)24-19-7-3-5-16-6-4-12-23-21(16)19/h3-12,17H,2,13-14H2,1H3,(H,24,27). The van der Waals surface area contributed by atoms with E-state index >= 15 is 0 Å². The molecule has 2 amide bonds. The second-order valence-electron chi connectivity index (χ2n) is 6.80. The lowest BCUT2D eigenvalue weighted by Crippen LogP contribution is -2.28. The fourth-order valence-corrected chi connectivity index (χ4v) is 3.48. The van der Waals surface area contributed by atoms with Crippen molar-refractivity contribution >= 4 is 34.1 Å². The topological polar surface area (TPSA) is 62.3 Å². The lowest BCUT2D eigenvalue weighted by molar-refractivity contribution is -0.122. The number of nitrogens with zero attached hydrogens (tertiary/aromatic N) is 2. The summed E-state index contributed by atoms with van der Waals surface area (Å²) >= 11 is 0. The Hall–Kier alpha value is -3.21. The zero-order valence-electron chi connectivity index (χ0n) is 15.2. The second-order valence-corrected chi connectivity index (χ2v) is 6.80. The van der Waals surface area contributed by atoms with Gasteiger partial charge in [-0.1, -0.05) is 37.3 Å². The maximum absolute atomic E-state index is 12.8. The summed E-state index contributed by atoms with van der Waals surface area (Å²) in [5, 5.41) is 3.93. The van der Waals surface area contributed by atoms with Crippen LogP contribution in [0.3, 0.4) is 0 Å². The van der Waals surface area contributed by atoms with Crippen molar-refractivity contribution in [3.05, 3.63) is 66.4 Å². The summed E-state index contributed by atoms with van der Waals surface area (Å²) in [6, 6.07) is 17.5. The third kappa shape index (κ3) is 3.40. The maximum atomic E-state index is 12.8. The summed E-state index contributed by atoms with van der Waals surface area (Å²) in [6.07, 6.45) is 2.89. The van der Waals surface area contributed by atoms with Gasteiger partial charge >= 0.3 is 0 Å². The molecule has 1 fully saturated rings. The molecule has 1 aliphatic rings. The zero-order chi connectivity index (χ0) is 18.8. The van der Waals surface area contributed by atoms with E-state index in [-0.39, 0.29) is 24.2 Å². The first-order valence-electron chi connectivity index (χ1n) is 9.19. The Labute approximate surface area is 158 Å². The van der Waals surface area contributed by atoms with Gasteiger partial charge in [-0.05, 0) is 36.2 Å². The van der Waals surface area contributed by atoms with E-state index in [0.717, 1.165) is 23.0 Å². The molecule has 4 rings (SSSR count). The average molecular weight is 359 g/mol. The third-order valence-electron chi connectivity index (χ3n) is 5.04. The van der Waals surface area contributed by atoms with Gasteiger partial charge in [0.05, 0.1) is 17.1 Å². The van der Waals surface area contributed by atoms with Crippen LogP contribution >= 0.6 is 0 Å². The Morgan fingerprint density at radius 2 is 1.93 bits per heavy atom. The van der Waals surface area contributed by atoms with Crippen molar-refractivity contribution in [2.24, 2.45) is 5.92 Å². The number of rotatable bonds is 4. The first-order valence-corrected chi connectivity index (χ1v) is 9.19. The van der Waals surface area contributed by atoms with E-state index in [2.05, 4.69) is 17.2 Å². The molecule has 0 aliphatic carbocycles. The lowest BCUT2D eigenvalue weighted by Gasteiger charge is -2.17. The molecule has 3 aromatic rings. The molecule has 1 N–H and O–H groups in total. The van der Waals surface area contributed by atoms with Gasteiger partial charge in [0.15, 0.2) is 0 Å². The Bertz CT molecular complexity index is 993. The van der Waals surface area contributed by atoms with Gasteiger partial charge in [0, 0.05) is 30.2 Å². The summed E-state index contributed by atoms with van der Waals surface area (Å²) in [6.45, 7) is 2.49. The van der Waals surface area contributed by atoms with E-state index in [0.29, 0.717) is 12.2 Å². The SMILES string of the molecule is CCc1ccc(N2CC(C(=O)Nc3cccc4cccnc34)CC2=O)cc1. The number of pyridine rings is 1. The van der Waals surface area contributed by atoms with E-state index in [1.54, 1.807) is 11.1 Å². The fourth-order valence-electron chi connectivity index (χ4n) is 3.48. The van der Waals surface area contributed by atoms with Crippen molar-refractivity contribution < 1.29 is 9.59 Å². The van der Waals surface area contributed by atoms with Crippen LogP contribution in [0, 0.1) is 5.92 Å². The van der Waals surface area contributed by atoms with Crippen LogP contribution < -0.4 is 10.2 Å². The molecule has 136 valence electrons. The highest BCUT2D eigenvalue weighted by Crippen LogP contribution is 2.27. The first-order chi connectivity index (χ1) is 13.2. The van der Waals surface area contributed by atoms with Crippen LogP contribution in [0.1, 0.15) is 18.9 Å². The molecule has 1 saturated heterocycles. The van der Waals surface area contributed by atoms with Crippen LogP contribution in [0.5, 0.6) is 0 Å². The number of para-hydroxylation sites is 1. The quantitative estimate of drug-likeness (QED) is 0.771. The first kappa shape index (κ1) is 17.2. The van der Waals surface area contributed by atoms with Crippen molar-refractivity contribution in [2.75, 3.05) is 16.8 Å². The molecular formula is C22H21N3O2. The highest BCUT2D eigenvalue weighted by Gasteiger charge is 2.35. The highest BCUT2D eigenvalue weighted by molar-refractivity contribution is 6.06. The van der Waals surface area contributed by atoms with Crippen molar-refractivity contribution in [2.45, 2.75) is 19.8 Å². The number of hydrogen-bond acceptors (Lipinski definition) is 3. The zero-order valence-corrected chi connectivity index (χ0v) is 15.2. The molecule has 2 aromatic carbocycles. The van der Waals surface area contributed by atoms with Gasteiger partial charge in [-0.25, -0.2) is 0 Å². The molecule has 0 spiro atoms. The smallest absolute Gasteiger partial charge is 0.229 e. The molecule has 5 nitrogen and oxygen atoms in total. The summed E-state index contributed by atoms with van der Waals surface area (Å²) < 4.78 is 0. The number of benzene rings is 2. The summed E-state index contributed by atoms with van der Waals surface area (Å²) in [4.78, 5) is 31.3. The number of carbonyl (C=O) groups excluding carboxylic acids is 2. The fraction of sp³-hybridized carbons (Fsp3) is 0.227. The van der Waals surface area contributed by atoms with Gasteiger partial charge in [0.2, 0.25) is 11.8 Å². The minimum Gasteiger partial charge on any atom is -0.324 e. The van der Waals surface area contributed by atoms with Crippen LogP contribution in [0.4, 0.5) is 11.4 Å². The predicted octanol–water partition coefficient (Wildman–Crippen LogP) is 3.79. The number of fused-ring (bicyclic) bond motifs is 1. The number of amides is 2. The molecular weight excluding hydrogens is 338 g/mol. The molecule has 2 heterocycles. The Morgan fingerprint density at radius 3 is 2.70 bits per heavy atom. The molecule has 0 bridgehead atoms. The number of hydrogen-bond donors (Lipinski definition) is 1. The van der Waals surface area contributed by atoms with E-state index in [4.69, 9.17) is 0 Å². The Kier molecular flexibility index (Phi) is 4.59. The van der Waals surface area contributed by atoms with Gasteiger partial charge in [0.25, 0.3) is 0 Å². The van der Waals surface area contributed by atoms with Gasteiger partial charge in [0.1, 0.15) is 0 Å². The maximum Gasteiger partial charge on any atom is 0.229 e. The Balaban J connectivity index is 1.50. The number of aryl methyl sites for hydroxylation is 1. The summed E-state index contributed by atoms with van der Waals surface area (Å²) in [5.74, 6) is -0.535. The van der Waals surface area contributed by atoms with E-state index in [1.165, 1.54) is 5.56 Å². The second kappa shape index (κ2) is 7.19. The monoisotopic (exact) mass is 359 g/mol. The van der Waals surface area contributed by atoms with Gasteiger partial charge in [-0.2, -0.15) is 0 Å². The van der Waals surface area contributed by atoms with E-state index in [9.17, 15) is 9.59 Å². The third-order valence-corrected chi connectivity index (χ3v) is 5.04. The van der Waals surface area contributed by atoms with Gasteiger partial charge in [-0.3, -0.25) is 14.6 Å². The molecule has 1 atom stereocenters. The minimum atomic E-state index is -0.373. The summed E-state index contributed by atoms with van der Waals surface area (Å²) in [7, 11) is 0. The molecule has 1 aliphatic heterocycles. The molecule has 0 saturated carbocycles. The average Bonchev–Trinajstić information content (AvgIpc) is 3.10. The van der Waals surface area contributed by atoms with Crippen molar-refractivity contribution in [1.82, 2.24) is 4.98 Å². The van der Waals surface area contributed by atoms with E-state index in [1.807, 2.05) is 54.6 Å². The summed E-state index contributed by atoms with van der Waals surface area (Å²) in [5.41, 5.74) is 3.50. The minimum absolute atomic E-state index is 0.0181. The predicted molar refractivity (Wildman–Crippen MR) is 107 cm³/mol. The normalized spacial score (nSPS) is 16.7. The van der Waals surface area contributed by atoms with Gasteiger partial charge in [-0.15, -0.1) is 0 Å². The number of carbonyl (C=O) groups is 2. The largest absolute Gasteiger partial charge is 0.324 e. The Morgan fingerprint density at radius 1 is 1.15 bits per heavy atom. The highest BCUT2D eigenvalue weighted by atomic mass is 16.2. The van der Waals surface area contributed by atoms with Crippen LogP contribution in [0.15, 0.2) is 60.8 Å². The molecule has 1 aromatic heterocycles. The molecule has 0 radical (unpaired) electrons. The number of aromatic nitrogens is 1.